The van der Waals surface area contributed by atoms with Crippen LogP contribution in [0.1, 0.15) is 109 Å². The summed E-state index contributed by atoms with van der Waals surface area (Å²) in [5, 5.41) is 13.4. The van der Waals surface area contributed by atoms with Crippen molar-refractivity contribution in [1.29, 1.82) is 0 Å². The number of benzene rings is 3. The summed E-state index contributed by atoms with van der Waals surface area (Å²) in [6.45, 7) is 18.6. The summed E-state index contributed by atoms with van der Waals surface area (Å²) in [6, 6.07) is 17.0. The van der Waals surface area contributed by atoms with Crippen LogP contribution >= 0.6 is 0 Å². The van der Waals surface area contributed by atoms with E-state index in [4.69, 9.17) is 28.7 Å². The van der Waals surface area contributed by atoms with Gasteiger partial charge in [0.25, 0.3) is 23.6 Å². The summed E-state index contributed by atoms with van der Waals surface area (Å²) in [5.41, 5.74) is 0.558. The Morgan fingerprint density at radius 3 is 1.94 bits per heavy atom. The molecule has 0 bridgehead atoms. The summed E-state index contributed by atoms with van der Waals surface area (Å²) < 4.78 is 59.2. The van der Waals surface area contributed by atoms with Gasteiger partial charge in [0, 0.05) is 74.3 Å². The molecule has 86 heavy (non-hydrogen) atoms. The Balaban J connectivity index is 1.10. The molecular formula is C62H81F2N9O13. The van der Waals surface area contributed by atoms with Crippen molar-refractivity contribution in [1.82, 2.24) is 40.6 Å². The molecule has 0 radical (unpaired) electrons. The van der Waals surface area contributed by atoms with E-state index in [1.54, 1.807) is 70.0 Å². The van der Waals surface area contributed by atoms with E-state index in [-0.39, 0.29) is 107 Å². The molecule has 0 spiro atoms. The normalized spacial score (nSPS) is 13.0. The van der Waals surface area contributed by atoms with Crippen LogP contribution in [0.3, 0.4) is 0 Å². The number of hydrogen-bond acceptors (Lipinski definition) is 14. The summed E-state index contributed by atoms with van der Waals surface area (Å²) >= 11 is 0. The average molecular weight is 1200 g/mol. The van der Waals surface area contributed by atoms with E-state index in [1.165, 1.54) is 19.1 Å². The van der Waals surface area contributed by atoms with Crippen molar-refractivity contribution < 1.29 is 70.8 Å². The van der Waals surface area contributed by atoms with E-state index in [0.717, 1.165) is 28.7 Å². The zero-order valence-electron chi connectivity index (χ0n) is 50.5. The molecule has 466 valence electrons. The van der Waals surface area contributed by atoms with E-state index >= 15 is 9.18 Å². The molecule has 2 atom stereocenters. The third-order valence-electron chi connectivity index (χ3n) is 12.8. The first-order chi connectivity index (χ1) is 40.8. The van der Waals surface area contributed by atoms with Gasteiger partial charge in [0.2, 0.25) is 17.7 Å². The lowest BCUT2D eigenvalue weighted by Crippen LogP contribution is -2.45. The van der Waals surface area contributed by atoms with Gasteiger partial charge in [0.15, 0.2) is 0 Å². The number of hydrogen-bond donors (Lipinski definition) is 5. The molecule has 8 amide bonds. The number of carbonyl (C=O) groups excluding carboxylic acids is 8. The number of aromatic nitrogens is 2. The lowest BCUT2D eigenvalue weighted by molar-refractivity contribution is -0.137. The molecule has 5 rings (SSSR count). The minimum absolute atomic E-state index is 0.00188. The van der Waals surface area contributed by atoms with E-state index in [1.807, 2.05) is 55.7 Å². The van der Waals surface area contributed by atoms with Crippen molar-refractivity contribution in [2.24, 2.45) is 5.41 Å². The average Bonchev–Trinajstić information content (AvgIpc) is 2.45. The third kappa shape index (κ3) is 22.7. The molecule has 1 aromatic heterocycles. The zero-order chi connectivity index (χ0) is 63.0. The number of nitrogens with zero attached hydrogens (tertiary/aromatic N) is 4. The number of ether oxygens (including phenoxy) is 5. The zero-order valence-corrected chi connectivity index (χ0v) is 50.5. The molecule has 1 aliphatic heterocycles. The van der Waals surface area contributed by atoms with Gasteiger partial charge >= 0.3 is 6.09 Å². The molecule has 2 heterocycles. The van der Waals surface area contributed by atoms with Gasteiger partial charge in [0.05, 0.1) is 71.0 Å². The van der Waals surface area contributed by atoms with Gasteiger partial charge in [-0.1, -0.05) is 51.1 Å². The molecular weight excluding hydrogens is 1120 g/mol. The van der Waals surface area contributed by atoms with Gasteiger partial charge in [0.1, 0.15) is 34.8 Å². The second-order valence-corrected chi connectivity index (χ2v) is 22.4. The first-order valence-corrected chi connectivity index (χ1v) is 28.5. The molecule has 22 nitrogen and oxygen atoms in total. The van der Waals surface area contributed by atoms with E-state index < -0.39 is 76.3 Å². The van der Waals surface area contributed by atoms with E-state index in [9.17, 15) is 38.0 Å². The number of anilines is 1. The Hall–Kier alpha value is -8.19. The minimum Gasteiger partial charge on any atom is -0.444 e. The minimum atomic E-state index is -1.08. The number of allylic oxidation sites excluding steroid dienone is 1. The van der Waals surface area contributed by atoms with Gasteiger partial charge < -0.3 is 59.7 Å². The van der Waals surface area contributed by atoms with Crippen molar-refractivity contribution in [2.75, 3.05) is 84.4 Å². The highest BCUT2D eigenvalue weighted by Gasteiger charge is 2.39. The molecule has 0 fully saturated rings. The number of carbonyl (C=O) groups is 8. The molecule has 0 saturated heterocycles. The molecule has 5 N–H and O–H groups in total. The van der Waals surface area contributed by atoms with Crippen molar-refractivity contribution in [3.8, 4) is 11.3 Å². The molecule has 1 unspecified atom stereocenters. The molecule has 0 aliphatic carbocycles. The fraction of sp³-hybridized carbons (Fsp3) is 0.468. The predicted molar refractivity (Wildman–Crippen MR) is 316 cm³/mol. The number of nitrogens with one attached hydrogen (secondary N) is 5. The van der Waals surface area contributed by atoms with Gasteiger partial charge in [-0.3, -0.25) is 38.5 Å². The van der Waals surface area contributed by atoms with Gasteiger partial charge in [-0.15, -0.1) is 0 Å². The Labute approximate surface area is 500 Å². The SMILES string of the molecule is CC(C)=C(NC(=O)CCOCCOCCOCCOCCNC(=O)CCN1C(=O)C=CC1=O)C(=O)N[C@@H](C)C(=O)Nc1ccc(C(=O)N(CCCNC(=O)OC(C)(C)C)C(c2nc(-c3cc(F)ccc3F)cn2Cc2ccccc2)C(C)(C)C)cc1. The fourth-order valence-electron chi connectivity index (χ4n) is 8.68. The maximum Gasteiger partial charge on any atom is 0.407 e. The maximum atomic E-state index is 15.4. The van der Waals surface area contributed by atoms with Crippen LogP contribution < -0.4 is 26.6 Å². The second-order valence-electron chi connectivity index (χ2n) is 22.4. The highest BCUT2D eigenvalue weighted by atomic mass is 19.1. The number of amides is 8. The third-order valence-corrected chi connectivity index (χ3v) is 12.8. The van der Waals surface area contributed by atoms with Crippen LogP contribution in [0.5, 0.6) is 0 Å². The van der Waals surface area contributed by atoms with E-state index in [2.05, 4.69) is 26.6 Å². The topological polar surface area (TPSA) is 267 Å². The highest BCUT2D eigenvalue weighted by Crippen LogP contribution is 2.40. The van der Waals surface area contributed by atoms with Crippen LogP contribution in [-0.2, 0) is 59.0 Å². The van der Waals surface area contributed by atoms with Crippen LogP contribution in [0, 0.1) is 17.0 Å². The Morgan fingerprint density at radius 1 is 0.721 bits per heavy atom. The van der Waals surface area contributed by atoms with Gasteiger partial charge in [-0.25, -0.2) is 18.6 Å². The number of rotatable bonds is 33. The molecule has 3 aromatic carbocycles. The quantitative estimate of drug-likeness (QED) is 0.0187. The Morgan fingerprint density at radius 2 is 1.34 bits per heavy atom. The largest absolute Gasteiger partial charge is 0.444 e. The van der Waals surface area contributed by atoms with Crippen LogP contribution in [0.2, 0.25) is 0 Å². The van der Waals surface area contributed by atoms with Crippen LogP contribution in [0.25, 0.3) is 11.3 Å². The summed E-state index contributed by atoms with van der Waals surface area (Å²) in [4.78, 5) is 110. The second kappa shape index (κ2) is 33.5. The smallest absolute Gasteiger partial charge is 0.407 e. The number of halogens is 2. The Kier molecular flexibility index (Phi) is 26.7. The van der Waals surface area contributed by atoms with Crippen molar-refractivity contribution in [2.45, 2.75) is 106 Å². The number of imidazole rings is 1. The lowest BCUT2D eigenvalue weighted by atomic mass is 9.84. The fourth-order valence-corrected chi connectivity index (χ4v) is 8.68. The van der Waals surface area contributed by atoms with Crippen LogP contribution in [0.4, 0.5) is 19.3 Å². The number of imide groups is 1. The molecule has 0 saturated carbocycles. The van der Waals surface area contributed by atoms with Gasteiger partial charge in [-0.2, -0.15) is 0 Å². The summed E-state index contributed by atoms with van der Waals surface area (Å²) in [5.74, 6) is -4.28. The lowest BCUT2D eigenvalue weighted by Gasteiger charge is -2.40. The first kappa shape index (κ1) is 68.6. The molecule has 4 aromatic rings. The number of alkyl carbamates (subject to hydrolysis) is 1. The first-order valence-electron chi connectivity index (χ1n) is 28.5. The van der Waals surface area contributed by atoms with E-state index in [0.29, 0.717) is 43.5 Å². The monoisotopic (exact) mass is 1200 g/mol. The van der Waals surface area contributed by atoms with Crippen molar-refractivity contribution >= 4 is 53.1 Å². The van der Waals surface area contributed by atoms with Crippen LogP contribution in [-0.4, -0.2) is 157 Å². The summed E-state index contributed by atoms with van der Waals surface area (Å²) in [6.07, 6.45) is 3.58. The Bertz CT molecular complexity index is 3010. The van der Waals surface area contributed by atoms with Crippen molar-refractivity contribution in [3.63, 3.8) is 0 Å². The standard InChI is InChI=1S/C62H81F2N9O13/c1-41(2)54(70-51(75)25-30-82-32-34-84-36-37-85-35-33-83-31-27-65-50(74)24-29-72-52(76)22-23-53(72)77)58(79)67-42(3)57(78)68-46-19-16-44(17-20-46)59(80)73(28-13-26-66-60(81)86-62(7,8)9)55(61(4,5)6)56-69-49(47-38-45(63)18-21-48(47)64)40-71(56)39-43-14-11-10-12-15-43/h10-12,14-23,38,40,42,55H,13,24-37,39H2,1-9H3,(H,65,74)(H,66,81)(H,67,79)(H,68,78)(H,70,75)/t42-,55?/m0/s1. The summed E-state index contributed by atoms with van der Waals surface area (Å²) in [7, 11) is 0. The van der Waals surface area contributed by atoms with Gasteiger partial charge in [-0.05, 0) is 107 Å². The predicted octanol–water partition coefficient (Wildman–Crippen LogP) is 6.76. The molecule has 24 heteroatoms. The van der Waals surface area contributed by atoms with Crippen LogP contribution in [0.15, 0.2) is 102 Å². The highest BCUT2D eigenvalue weighted by molar-refractivity contribution is 6.13. The molecule has 1 aliphatic rings. The van der Waals surface area contributed by atoms with Crippen molar-refractivity contribution in [3.05, 3.63) is 131 Å². The maximum absolute atomic E-state index is 15.4.